The van der Waals surface area contributed by atoms with E-state index < -0.39 is 0 Å². The number of aromatic nitrogens is 3. The van der Waals surface area contributed by atoms with Gasteiger partial charge in [-0.1, -0.05) is 15.9 Å². The Hall–Kier alpha value is -0.910. The van der Waals surface area contributed by atoms with Crippen LogP contribution in [-0.2, 0) is 24.3 Å². The third-order valence-corrected chi connectivity index (χ3v) is 3.83. The van der Waals surface area contributed by atoms with Crippen LogP contribution in [0.3, 0.4) is 0 Å². The van der Waals surface area contributed by atoms with E-state index in [2.05, 4.69) is 30.7 Å². The van der Waals surface area contributed by atoms with Crippen LogP contribution in [0.25, 0.3) is 0 Å². The molecule has 100 valence electrons. The zero-order valence-corrected chi connectivity index (χ0v) is 12.3. The highest BCUT2D eigenvalue weighted by Gasteiger charge is 2.19. The van der Waals surface area contributed by atoms with Crippen LogP contribution >= 0.6 is 15.9 Å². The highest BCUT2D eigenvalue weighted by Crippen LogP contribution is 2.15. The summed E-state index contributed by atoms with van der Waals surface area (Å²) in [6.07, 6.45) is 4.74. The van der Waals surface area contributed by atoms with Crippen molar-refractivity contribution in [1.82, 2.24) is 19.7 Å². The molecule has 5 nitrogen and oxygen atoms in total. The van der Waals surface area contributed by atoms with Gasteiger partial charge in [-0.05, 0) is 19.3 Å². The third-order valence-electron chi connectivity index (χ3n) is 3.26. The van der Waals surface area contributed by atoms with Crippen LogP contribution in [0.2, 0.25) is 0 Å². The number of hydrogen-bond donors (Lipinski definition) is 0. The first-order valence-corrected chi connectivity index (χ1v) is 7.55. The number of alkyl halides is 1. The van der Waals surface area contributed by atoms with E-state index in [0.717, 1.165) is 49.2 Å². The Morgan fingerprint density at radius 1 is 1.44 bits per heavy atom. The van der Waals surface area contributed by atoms with Crippen LogP contribution in [-0.4, -0.2) is 37.9 Å². The predicted octanol–water partition coefficient (Wildman–Crippen LogP) is 1.75. The number of aryl methyl sites for hydroxylation is 1. The molecule has 2 heterocycles. The van der Waals surface area contributed by atoms with Gasteiger partial charge in [0.05, 0.1) is 6.54 Å². The average molecular weight is 315 g/mol. The van der Waals surface area contributed by atoms with E-state index in [1.54, 1.807) is 4.90 Å². The summed E-state index contributed by atoms with van der Waals surface area (Å²) in [5.74, 6) is 2.16. The second-order valence-electron chi connectivity index (χ2n) is 4.68. The maximum Gasteiger partial charge on any atom is 0.222 e. The van der Waals surface area contributed by atoms with Gasteiger partial charge in [0.15, 0.2) is 5.82 Å². The Labute approximate surface area is 116 Å². The van der Waals surface area contributed by atoms with E-state index in [9.17, 15) is 4.79 Å². The second kappa shape index (κ2) is 6.31. The molecule has 1 aliphatic rings. The zero-order valence-electron chi connectivity index (χ0n) is 10.7. The van der Waals surface area contributed by atoms with Crippen molar-refractivity contribution >= 4 is 21.8 Å². The lowest BCUT2D eigenvalue weighted by Crippen LogP contribution is -2.27. The normalized spacial score (nSPS) is 13.7. The standard InChI is InChI=1S/C12H19BrN4O/c1-16(12(18)6-2-3-7-13)9-11-15-14-10-5-4-8-17(10)11/h2-9H2,1H3. The molecule has 0 spiro atoms. The summed E-state index contributed by atoms with van der Waals surface area (Å²) in [5.41, 5.74) is 0. The number of fused-ring (bicyclic) bond motifs is 1. The fourth-order valence-corrected chi connectivity index (χ4v) is 2.59. The van der Waals surface area contributed by atoms with Crippen LogP contribution in [0.15, 0.2) is 0 Å². The Bertz CT molecular complexity index is 418. The molecule has 0 fully saturated rings. The number of amides is 1. The molecular formula is C12H19BrN4O. The van der Waals surface area contributed by atoms with Crippen molar-refractivity contribution in [3.8, 4) is 0 Å². The molecule has 0 N–H and O–H groups in total. The van der Waals surface area contributed by atoms with Gasteiger partial charge in [-0.25, -0.2) is 0 Å². The highest BCUT2D eigenvalue weighted by molar-refractivity contribution is 9.09. The Morgan fingerprint density at radius 3 is 3.06 bits per heavy atom. The van der Waals surface area contributed by atoms with E-state index in [4.69, 9.17) is 0 Å². The van der Waals surface area contributed by atoms with Gasteiger partial charge in [-0.3, -0.25) is 4.79 Å². The van der Waals surface area contributed by atoms with E-state index >= 15 is 0 Å². The molecule has 0 saturated heterocycles. The summed E-state index contributed by atoms with van der Waals surface area (Å²) in [7, 11) is 1.84. The zero-order chi connectivity index (χ0) is 13.0. The number of halogens is 1. The van der Waals surface area contributed by atoms with Gasteiger partial charge in [-0.2, -0.15) is 0 Å². The van der Waals surface area contributed by atoms with Crippen LogP contribution in [0.4, 0.5) is 0 Å². The fourth-order valence-electron chi connectivity index (χ4n) is 2.19. The maximum atomic E-state index is 11.9. The van der Waals surface area contributed by atoms with Crippen molar-refractivity contribution in [2.75, 3.05) is 12.4 Å². The molecule has 0 bridgehead atoms. The predicted molar refractivity (Wildman–Crippen MR) is 72.5 cm³/mol. The Kier molecular flexibility index (Phi) is 4.74. The van der Waals surface area contributed by atoms with Crippen LogP contribution in [0.1, 0.15) is 37.3 Å². The van der Waals surface area contributed by atoms with E-state index in [1.807, 2.05) is 7.05 Å². The van der Waals surface area contributed by atoms with Crippen molar-refractivity contribution in [1.29, 1.82) is 0 Å². The molecule has 1 aliphatic heterocycles. The van der Waals surface area contributed by atoms with Crippen LogP contribution in [0, 0.1) is 0 Å². The monoisotopic (exact) mass is 314 g/mol. The molecule has 0 aromatic carbocycles. The molecule has 6 heteroatoms. The van der Waals surface area contributed by atoms with Gasteiger partial charge in [-0.15, -0.1) is 10.2 Å². The number of rotatable bonds is 6. The number of hydrogen-bond acceptors (Lipinski definition) is 3. The lowest BCUT2D eigenvalue weighted by Gasteiger charge is -2.16. The first kappa shape index (κ1) is 13.5. The molecular weight excluding hydrogens is 296 g/mol. The minimum Gasteiger partial charge on any atom is -0.338 e. The number of nitrogens with zero attached hydrogens (tertiary/aromatic N) is 4. The van der Waals surface area contributed by atoms with E-state index in [1.165, 1.54) is 0 Å². The summed E-state index contributed by atoms with van der Waals surface area (Å²) in [5, 5.41) is 9.28. The molecule has 0 aliphatic carbocycles. The second-order valence-corrected chi connectivity index (χ2v) is 5.48. The van der Waals surface area contributed by atoms with Gasteiger partial charge in [0.25, 0.3) is 0 Å². The summed E-state index contributed by atoms with van der Waals surface area (Å²) in [4.78, 5) is 13.7. The van der Waals surface area contributed by atoms with Crippen LogP contribution in [0.5, 0.6) is 0 Å². The van der Waals surface area contributed by atoms with Gasteiger partial charge in [0, 0.05) is 31.8 Å². The molecule has 18 heavy (non-hydrogen) atoms. The average Bonchev–Trinajstić information content (AvgIpc) is 2.94. The quantitative estimate of drug-likeness (QED) is 0.593. The van der Waals surface area contributed by atoms with Crippen molar-refractivity contribution in [2.24, 2.45) is 0 Å². The maximum absolute atomic E-state index is 11.9. The molecule has 1 aromatic heterocycles. The molecule has 1 aromatic rings. The summed E-state index contributed by atoms with van der Waals surface area (Å²) in [6, 6.07) is 0. The SMILES string of the molecule is CN(Cc1nnc2n1CCC2)C(=O)CCCCBr. The molecule has 0 radical (unpaired) electrons. The number of carbonyl (C=O) groups is 1. The van der Waals surface area contributed by atoms with Crippen molar-refractivity contribution in [3.63, 3.8) is 0 Å². The number of unbranched alkanes of at least 4 members (excludes halogenated alkanes) is 1. The summed E-state index contributed by atoms with van der Waals surface area (Å²) < 4.78 is 2.14. The molecule has 0 atom stereocenters. The summed E-state index contributed by atoms with van der Waals surface area (Å²) in [6.45, 7) is 1.56. The fraction of sp³-hybridized carbons (Fsp3) is 0.750. The molecule has 0 saturated carbocycles. The smallest absolute Gasteiger partial charge is 0.222 e. The summed E-state index contributed by atoms with van der Waals surface area (Å²) >= 11 is 3.37. The minimum absolute atomic E-state index is 0.186. The molecule has 1 amide bonds. The van der Waals surface area contributed by atoms with Gasteiger partial charge < -0.3 is 9.47 Å². The Balaban J connectivity index is 1.86. The first-order valence-electron chi connectivity index (χ1n) is 6.43. The van der Waals surface area contributed by atoms with Gasteiger partial charge >= 0.3 is 0 Å². The van der Waals surface area contributed by atoms with E-state index in [-0.39, 0.29) is 5.91 Å². The molecule has 2 rings (SSSR count). The van der Waals surface area contributed by atoms with Crippen molar-refractivity contribution < 1.29 is 4.79 Å². The van der Waals surface area contributed by atoms with Crippen LogP contribution < -0.4 is 0 Å². The Morgan fingerprint density at radius 2 is 2.28 bits per heavy atom. The van der Waals surface area contributed by atoms with Crippen molar-refractivity contribution in [3.05, 3.63) is 11.6 Å². The minimum atomic E-state index is 0.186. The lowest BCUT2D eigenvalue weighted by molar-refractivity contribution is -0.130. The van der Waals surface area contributed by atoms with Gasteiger partial charge in [0.1, 0.15) is 5.82 Å². The van der Waals surface area contributed by atoms with Gasteiger partial charge in [0.2, 0.25) is 5.91 Å². The largest absolute Gasteiger partial charge is 0.338 e. The number of carbonyl (C=O) groups excluding carboxylic acids is 1. The highest BCUT2D eigenvalue weighted by atomic mass is 79.9. The molecule has 0 unspecified atom stereocenters. The first-order chi connectivity index (χ1) is 8.72. The van der Waals surface area contributed by atoms with Crippen molar-refractivity contribution in [2.45, 2.75) is 45.2 Å². The topological polar surface area (TPSA) is 51.0 Å². The lowest BCUT2D eigenvalue weighted by atomic mass is 10.2. The van der Waals surface area contributed by atoms with E-state index in [0.29, 0.717) is 13.0 Å². The third kappa shape index (κ3) is 3.10.